The van der Waals surface area contributed by atoms with Crippen LogP contribution >= 0.6 is 11.6 Å². The molecular weight excluding hydrogens is 380 g/mol. The summed E-state index contributed by atoms with van der Waals surface area (Å²) in [5.41, 5.74) is 3.04. The first-order valence-corrected chi connectivity index (χ1v) is 9.29. The van der Waals surface area contributed by atoms with E-state index in [9.17, 15) is 13.6 Å². The van der Waals surface area contributed by atoms with E-state index in [0.29, 0.717) is 10.6 Å². The van der Waals surface area contributed by atoms with Crippen molar-refractivity contribution in [1.82, 2.24) is 0 Å². The molecule has 0 fully saturated rings. The predicted octanol–water partition coefficient (Wildman–Crippen LogP) is 5.76. The van der Waals surface area contributed by atoms with E-state index in [-0.39, 0.29) is 12.3 Å². The van der Waals surface area contributed by atoms with Crippen molar-refractivity contribution >= 4 is 23.2 Å². The summed E-state index contributed by atoms with van der Waals surface area (Å²) in [7, 11) is 1.72. The van der Waals surface area contributed by atoms with Crippen LogP contribution in [-0.2, 0) is 16.6 Å². The van der Waals surface area contributed by atoms with Gasteiger partial charge in [0, 0.05) is 23.8 Å². The lowest BCUT2D eigenvalue weighted by atomic mass is 9.77. The third-order valence-electron chi connectivity index (χ3n) is 5.37. The fraction of sp³-hybridized carbons (Fsp3) is 0.174. The number of carbonyl (C=O) groups excluding carboxylic acids is 1. The van der Waals surface area contributed by atoms with Crippen LogP contribution in [0, 0.1) is 11.6 Å². The number of likely N-dealkylation sites (N-methyl/N-ethyl adjacent to an activating group) is 1. The van der Waals surface area contributed by atoms with Crippen LogP contribution in [-0.4, -0.2) is 13.0 Å². The Morgan fingerprint density at radius 1 is 0.964 bits per heavy atom. The number of carbonyl (C=O) groups is 1. The van der Waals surface area contributed by atoms with E-state index < -0.39 is 17.0 Å². The first-order valence-electron chi connectivity index (χ1n) is 8.91. The van der Waals surface area contributed by atoms with Crippen LogP contribution in [0.3, 0.4) is 0 Å². The van der Waals surface area contributed by atoms with Crippen molar-refractivity contribution in [3.05, 3.63) is 88.4 Å². The number of anilines is 1. The number of amides is 1. The summed E-state index contributed by atoms with van der Waals surface area (Å²) in [6.07, 6.45) is 0.205. The Bertz CT molecular complexity index is 1080. The molecule has 0 saturated carbocycles. The molecule has 5 heteroatoms. The maximum Gasteiger partial charge on any atom is 0.237 e. The summed E-state index contributed by atoms with van der Waals surface area (Å²) in [5.74, 6) is -1.40. The molecule has 0 bridgehead atoms. The van der Waals surface area contributed by atoms with Gasteiger partial charge in [-0.05, 0) is 72.0 Å². The van der Waals surface area contributed by atoms with Crippen molar-refractivity contribution in [2.75, 3.05) is 11.9 Å². The minimum atomic E-state index is -0.918. The molecule has 1 aliphatic heterocycles. The minimum Gasteiger partial charge on any atom is -0.314 e. The average Bonchev–Trinajstić information content (AvgIpc) is 2.82. The number of hydrogen-bond acceptors (Lipinski definition) is 1. The lowest BCUT2D eigenvalue weighted by Crippen LogP contribution is -2.37. The molecule has 142 valence electrons. The first-order chi connectivity index (χ1) is 13.3. The van der Waals surface area contributed by atoms with Crippen molar-refractivity contribution < 1.29 is 13.6 Å². The van der Waals surface area contributed by atoms with Gasteiger partial charge in [0.25, 0.3) is 0 Å². The van der Waals surface area contributed by atoms with Crippen molar-refractivity contribution in [3.8, 4) is 11.1 Å². The van der Waals surface area contributed by atoms with Gasteiger partial charge in [0.05, 0.1) is 5.41 Å². The molecule has 1 aliphatic rings. The minimum absolute atomic E-state index is 0.101. The molecule has 2 nitrogen and oxygen atoms in total. The molecule has 3 aromatic rings. The van der Waals surface area contributed by atoms with Gasteiger partial charge >= 0.3 is 0 Å². The maximum absolute atomic E-state index is 13.7. The number of fused-ring (bicyclic) bond motifs is 1. The molecule has 0 N–H and O–H groups in total. The van der Waals surface area contributed by atoms with E-state index in [1.807, 2.05) is 43.3 Å². The standard InChI is InChI=1S/C23H18ClF2NO/c1-23(13-14-8-18(25)12-19(26)9-14)20-11-16(15-4-3-5-17(24)10-15)6-7-21(20)27(2)22(23)28/h3-12H,13H2,1-2H3. The van der Waals surface area contributed by atoms with E-state index >= 15 is 0 Å². The molecule has 4 rings (SSSR count). The number of nitrogens with zero attached hydrogens (tertiary/aromatic N) is 1. The number of hydrogen-bond donors (Lipinski definition) is 0. The normalized spacial score (nSPS) is 18.5. The van der Waals surface area contributed by atoms with Crippen LogP contribution < -0.4 is 4.90 Å². The van der Waals surface area contributed by atoms with Gasteiger partial charge in [0.2, 0.25) is 5.91 Å². The quantitative estimate of drug-likeness (QED) is 0.550. The third kappa shape index (κ3) is 3.08. The molecule has 28 heavy (non-hydrogen) atoms. The molecule has 3 aromatic carbocycles. The topological polar surface area (TPSA) is 20.3 Å². The first kappa shape index (κ1) is 18.6. The molecule has 1 heterocycles. The number of halogens is 3. The van der Waals surface area contributed by atoms with E-state index in [4.69, 9.17) is 11.6 Å². The Morgan fingerprint density at radius 3 is 2.32 bits per heavy atom. The van der Waals surface area contributed by atoms with Crippen LogP contribution in [0.5, 0.6) is 0 Å². The maximum atomic E-state index is 13.7. The molecule has 0 aliphatic carbocycles. The van der Waals surface area contributed by atoms with Crippen LogP contribution in [0.15, 0.2) is 60.7 Å². The smallest absolute Gasteiger partial charge is 0.237 e. The zero-order chi connectivity index (χ0) is 20.1. The molecule has 0 aromatic heterocycles. The number of benzene rings is 3. The molecule has 0 radical (unpaired) electrons. The Morgan fingerprint density at radius 2 is 1.64 bits per heavy atom. The fourth-order valence-electron chi connectivity index (χ4n) is 4.00. The van der Waals surface area contributed by atoms with E-state index in [1.165, 1.54) is 12.1 Å². The molecular formula is C23H18ClF2NO. The second-order valence-corrected chi connectivity index (χ2v) is 7.83. The van der Waals surface area contributed by atoms with Gasteiger partial charge in [-0.15, -0.1) is 0 Å². The summed E-state index contributed by atoms with van der Waals surface area (Å²) < 4.78 is 27.3. The van der Waals surface area contributed by atoms with Crippen LogP contribution in [0.1, 0.15) is 18.1 Å². The van der Waals surface area contributed by atoms with Crippen molar-refractivity contribution in [2.24, 2.45) is 0 Å². The van der Waals surface area contributed by atoms with Crippen LogP contribution in [0.25, 0.3) is 11.1 Å². The van der Waals surface area contributed by atoms with Gasteiger partial charge in [0.15, 0.2) is 0 Å². The van der Waals surface area contributed by atoms with Crippen molar-refractivity contribution in [2.45, 2.75) is 18.8 Å². The second-order valence-electron chi connectivity index (χ2n) is 7.39. The zero-order valence-corrected chi connectivity index (χ0v) is 16.2. The largest absolute Gasteiger partial charge is 0.314 e. The van der Waals surface area contributed by atoms with Gasteiger partial charge < -0.3 is 4.90 Å². The summed E-state index contributed by atoms with van der Waals surface area (Å²) in [5, 5.41) is 0.629. The Kier molecular flexibility index (Phi) is 4.47. The summed E-state index contributed by atoms with van der Waals surface area (Å²) in [6, 6.07) is 16.7. The lowest BCUT2D eigenvalue weighted by Gasteiger charge is -2.24. The molecule has 1 unspecified atom stereocenters. The Balaban J connectivity index is 1.82. The highest BCUT2D eigenvalue weighted by Gasteiger charge is 2.46. The van der Waals surface area contributed by atoms with Crippen molar-refractivity contribution in [3.63, 3.8) is 0 Å². The highest BCUT2D eigenvalue weighted by atomic mass is 35.5. The van der Waals surface area contributed by atoms with Crippen molar-refractivity contribution in [1.29, 1.82) is 0 Å². The van der Waals surface area contributed by atoms with Gasteiger partial charge in [-0.2, -0.15) is 0 Å². The summed E-state index contributed by atoms with van der Waals surface area (Å²) in [6.45, 7) is 1.82. The lowest BCUT2D eigenvalue weighted by molar-refractivity contribution is -0.122. The molecule has 0 saturated heterocycles. The molecule has 1 atom stereocenters. The highest BCUT2D eigenvalue weighted by molar-refractivity contribution is 6.30. The third-order valence-corrected chi connectivity index (χ3v) is 5.60. The SMILES string of the molecule is CN1C(=O)C(C)(Cc2cc(F)cc(F)c2)c2cc(-c3cccc(Cl)c3)ccc21. The molecule has 0 spiro atoms. The van der Waals surface area contributed by atoms with Crippen LogP contribution in [0.4, 0.5) is 14.5 Å². The van der Waals surface area contributed by atoms with E-state index in [0.717, 1.165) is 28.4 Å². The Labute approximate surface area is 167 Å². The second kappa shape index (κ2) is 6.71. The zero-order valence-electron chi connectivity index (χ0n) is 15.5. The monoisotopic (exact) mass is 397 g/mol. The van der Waals surface area contributed by atoms with Gasteiger partial charge in [-0.3, -0.25) is 4.79 Å². The molecule has 1 amide bonds. The number of rotatable bonds is 3. The van der Waals surface area contributed by atoms with Gasteiger partial charge in [0.1, 0.15) is 11.6 Å². The van der Waals surface area contributed by atoms with E-state index in [2.05, 4.69) is 0 Å². The van der Waals surface area contributed by atoms with Gasteiger partial charge in [-0.25, -0.2) is 8.78 Å². The fourth-order valence-corrected chi connectivity index (χ4v) is 4.20. The average molecular weight is 398 g/mol. The van der Waals surface area contributed by atoms with E-state index in [1.54, 1.807) is 18.0 Å². The highest BCUT2D eigenvalue weighted by Crippen LogP contribution is 2.45. The summed E-state index contributed by atoms with van der Waals surface area (Å²) in [4.78, 5) is 14.7. The summed E-state index contributed by atoms with van der Waals surface area (Å²) >= 11 is 6.12. The van der Waals surface area contributed by atoms with Gasteiger partial charge in [-0.1, -0.05) is 29.8 Å². The van der Waals surface area contributed by atoms with Crippen LogP contribution in [0.2, 0.25) is 5.02 Å². The predicted molar refractivity (Wildman–Crippen MR) is 108 cm³/mol. The Hall–Kier alpha value is -2.72.